The van der Waals surface area contributed by atoms with Crippen LogP contribution in [0.3, 0.4) is 0 Å². The zero-order chi connectivity index (χ0) is 9.80. The molecule has 1 saturated carbocycles. The Kier molecular flexibility index (Phi) is 3.10. The lowest BCUT2D eigenvalue weighted by Gasteiger charge is -2.16. The molecule has 0 bridgehead atoms. The van der Waals surface area contributed by atoms with Gasteiger partial charge in [0.15, 0.2) is 0 Å². The minimum Gasteiger partial charge on any atom is -0.382 e. The first-order chi connectivity index (χ1) is 6.90. The van der Waals surface area contributed by atoms with Crippen LogP contribution in [0.2, 0.25) is 0 Å². The van der Waals surface area contributed by atoms with Crippen molar-refractivity contribution in [2.45, 2.75) is 24.9 Å². The van der Waals surface area contributed by atoms with Crippen molar-refractivity contribution >= 4 is 0 Å². The van der Waals surface area contributed by atoms with Gasteiger partial charge in [-0.15, -0.1) is 0 Å². The van der Waals surface area contributed by atoms with Crippen LogP contribution in [0, 0.1) is 0 Å². The number of hydrogen-bond acceptors (Lipinski definition) is 4. The molecule has 0 radical (unpaired) electrons. The van der Waals surface area contributed by atoms with Gasteiger partial charge in [-0.3, -0.25) is 0 Å². The second kappa shape index (κ2) is 4.52. The number of rotatable bonds is 6. The molecule has 1 aliphatic rings. The Morgan fingerprint density at radius 2 is 2.50 bits per heavy atom. The Labute approximate surface area is 83.5 Å². The number of methoxy groups -OCH3 is 1. The molecule has 1 heterocycles. The van der Waals surface area contributed by atoms with E-state index in [2.05, 4.69) is 15.4 Å². The molecule has 1 aromatic heterocycles. The molecule has 1 aromatic rings. The quantitative estimate of drug-likeness (QED) is 0.707. The van der Waals surface area contributed by atoms with Crippen LogP contribution in [0.4, 0.5) is 0 Å². The second-order valence-electron chi connectivity index (χ2n) is 3.67. The van der Waals surface area contributed by atoms with E-state index in [1.54, 1.807) is 19.8 Å². The van der Waals surface area contributed by atoms with Gasteiger partial charge in [0, 0.05) is 19.7 Å². The maximum Gasteiger partial charge on any atom is 0.137 e. The molecule has 5 nitrogen and oxygen atoms in total. The van der Waals surface area contributed by atoms with Gasteiger partial charge in [-0.2, -0.15) is 5.10 Å². The van der Waals surface area contributed by atoms with Crippen LogP contribution in [0.1, 0.15) is 18.9 Å². The summed E-state index contributed by atoms with van der Waals surface area (Å²) in [6.07, 6.45) is 5.90. The van der Waals surface area contributed by atoms with E-state index in [0.29, 0.717) is 6.61 Å². The highest BCUT2D eigenvalue weighted by molar-refractivity contribution is 4.83. The van der Waals surface area contributed by atoms with E-state index in [1.807, 2.05) is 4.68 Å². The van der Waals surface area contributed by atoms with Crippen LogP contribution >= 0.6 is 0 Å². The van der Waals surface area contributed by atoms with Gasteiger partial charge in [0.05, 0.1) is 12.6 Å². The van der Waals surface area contributed by atoms with Gasteiger partial charge >= 0.3 is 0 Å². The summed E-state index contributed by atoms with van der Waals surface area (Å²) < 4.78 is 7.00. The van der Waals surface area contributed by atoms with E-state index in [1.165, 1.54) is 12.8 Å². The van der Waals surface area contributed by atoms with E-state index in [0.717, 1.165) is 12.6 Å². The van der Waals surface area contributed by atoms with E-state index in [9.17, 15) is 0 Å². The Hall–Kier alpha value is -0.940. The molecule has 0 aromatic carbocycles. The van der Waals surface area contributed by atoms with Gasteiger partial charge in [0.1, 0.15) is 12.7 Å². The fraction of sp³-hybridized carbons (Fsp3) is 0.778. The number of aromatic nitrogens is 3. The highest BCUT2D eigenvalue weighted by Crippen LogP contribution is 2.19. The number of ether oxygens (including phenoxy) is 1. The van der Waals surface area contributed by atoms with Crippen molar-refractivity contribution in [3.8, 4) is 0 Å². The fourth-order valence-corrected chi connectivity index (χ4v) is 1.42. The van der Waals surface area contributed by atoms with Gasteiger partial charge < -0.3 is 10.1 Å². The van der Waals surface area contributed by atoms with Crippen molar-refractivity contribution in [2.75, 3.05) is 20.3 Å². The topological polar surface area (TPSA) is 52.0 Å². The molecule has 5 heteroatoms. The van der Waals surface area contributed by atoms with Crippen molar-refractivity contribution in [3.05, 3.63) is 12.7 Å². The minimum atomic E-state index is 0.253. The molecule has 2 rings (SSSR count). The standard InChI is InChI=1S/C9H16N4O/c1-14-5-9(4-11-8-2-3-8)13-7-10-6-12-13/h6-9,11H,2-5H2,1H3. The predicted molar refractivity (Wildman–Crippen MR) is 52.0 cm³/mol. The molecule has 1 unspecified atom stereocenters. The molecule has 1 N–H and O–H groups in total. The minimum absolute atomic E-state index is 0.253. The molecular weight excluding hydrogens is 180 g/mol. The maximum atomic E-state index is 5.15. The summed E-state index contributed by atoms with van der Waals surface area (Å²) in [6.45, 7) is 1.57. The number of hydrogen-bond donors (Lipinski definition) is 1. The molecule has 78 valence electrons. The first-order valence-corrected chi connectivity index (χ1v) is 4.96. The molecule has 1 aliphatic carbocycles. The predicted octanol–water partition coefficient (Wildman–Crippen LogP) is 0.218. The molecule has 0 amide bonds. The van der Waals surface area contributed by atoms with E-state index in [-0.39, 0.29) is 6.04 Å². The summed E-state index contributed by atoms with van der Waals surface area (Å²) in [7, 11) is 1.71. The van der Waals surface area contributed by atoms with Gasteiger partial charge in [0.2, 0.25) is 0 Å². The van der Waals surface area contributed by atoms with Gasteiger partial charge in [-0.25, -0.2) is 9.67 Å². The second-order valence-corrected chi connectivity index (χ2v) is 3.67. The highest BCUT2D eigenvalue weighted by atomic mass is 16.5. The third kappa shape index (κ3) is 2.52. The van der Waals surface area contributed by atoms with Crippen LogP contribution in [0.25, 0.3) is 0 Å². The first kappa shape index (κ1) is 9.61. The van der Waals surface area contributed by atoms with E-state index in [4.69, 9.17) is 4.74 Å². The normalized spacial score (nSPS) is 18.4. The largest absolute Gasteiger partial charge is 0.382 e. The van der Waals surface area contributed by atoms with Crippen LogP contribution < -0.4 is 5.32 Å². The Balaban J connectivity index is 1.85. The van der Waals surface area contributed by atoms with E-state index < -0.39 is 0 Å². The molecular formula is C9H16N4O. The van der Waals surface area contributed by atoms with Crippen molar-refractivity contribution in [1.29, 1.82) is 0 Å². The van der Waals surface area contributed by atoms with Gasteiger partial charge in [0.25, 0.3) is 0 Å². The Morgan fingerprint density at radius 3 is 3.07 bits per heavy atom. The summed E-state index contributed by atoms with van der Waals surface area (Å²) in [6, 6.07) is 0.973. The monoisotopic (exact) mass is 196 g/mol. The van der Waals surface area contributed by atoms with Crippen molar-refractivity contribution in [1.82, 2.24) is 20.1 Å². The Bertz CT molecular complexity index is 258. The lowest BCUT2D eigenvalue weighted by Crippen LogP contribution is -2.30. The maximum absolute atomic E-state index is 5.15. The average Bonchev–Trinajstić information content (AvgIpc) is 2.86. The SMILES string of the molecule is COCC(CNC1CC1)n1cncn1. The lowest BCUT2D eigenvalue weighted by atomic mass is 10.3. The van der Waals surface area contributed by atoms with Crippen LogP contribution in [0.5, 0.6) is 0 Å². The highest BCUT2D eigenvalue weighted by Gasteiger charge is 2.22. The molecule has 1 fully saturated rings. The van der Waals surface area contributed by atoms with Gasteiger partial charge in [-0.05, 0) is 12.8 Å². The third-order valence-corrected chi connectivity index (χ3v) is 2.39. The summed E-state index contributed by atoms with van der Waals surface area (Å²) in [5.74, 6) is 0. The molecule has 0 saturated heterocycles. The van der Waals surface area contributed by atoms with Gasteiger partial charge in [-0.1, -0.05) is 0 Å². The first-order valence-electron chi connectivity index (χ1n) is 4.96. The molecule has 14 heavy (non-hydrogen) atoms. The van der Waals surface area contributed by atoms with E-state index >= 15 is 0 Å². The summed E-state index contributed by atoms with van der Waals surface area (Å²) >= 11 is 0. The smallest absolute Gasteiger partial charge is 0.137 e. The number of nitrogens with one attached hydrogen (secondary N) is 1. The third-order valence-electron chi connectivity index (χ3n) is 2.39. The van der Waals surface area contributed by atoms with Crippen molar-refractivity contribution < 1.29 is 4.74 Å². The molecule has 0 spiro atoms. The summed E-state index contributed by atoms with van der Waals surface area (Å²) in [5.41, 5.74) is 0. The zero-order valence-electron chi connectivity index (χ0n) is 8.39. The average molecular weight is 196 g/mol. The van der Waals surface area contributed by atoms with Crippen LogP contribution in [-0.4, -0.2) is 41.1 Å². The Morgan fingerprint density at radius 1 is 1.64 bits per heavy atom. The van der Waals surface area contributed by atoms with Crippen LogP contribution in [0.15, 0.2) is 12.7 Å². The van der Waals surface area contributed by atoms with Crippen molar-refractivity contribution in [2.24, 2.45) is 0 Å². The molecule has 1 atom stereocenters. The number of nitrogens with zero attached hydrogens (tertiary/aromatic N) is 3. The zero-order valence-corrected chi connectivity index (χ0v) is 8.39. The summed E-state index contributed by atoms with van der Waals surface area (Å²) in [4.78, 5) is 3.94. The summed E-state index contributed by atoms with van der Waals surface area (Å²) in [5, 5.41) is 7.58. The van der Waals surface area contributed by atoms with Crippen molar-refractivity contribution in [3.63, 3.8) is 0 Å². The lowest BCUT2D eigenvalue weighted by molar-refractivity contribution is 0.147. The fourth-order valence-electron chi connectivity index (χ4n) is 1.42. The molecule has 0 aliphatic heterocycles. The van der Waals surface area contributed by atoms with Crippen LogP contribution in [-0.2, 0) is 4.74 Å².